The monoisotopic (exact) mass is 201 g/mol. The summed E-state index contributed by atoms with van der Waals surface area (Å²) in [5.41, 5.74) is 0. The lowest BCUT2D eigenvalue weighted by molar-refractivity contribution is 0.909. The third kappa shape index (κ3) is 7.97. The van der Waals surface area contributed by atoms with Crippen molar-refractivity contribution < 1.29 is 0 Å². The fourth-order valence-electron chi connectivity index (χ4n) is 0.731. The van der Waals surface area contributed by atoms with E-state index in [0.29, 0.717) is 0 Å². The van der Waals surface area contributed by atoms with Crippen LogP contribution in [0, 0.1) is 6.92 Å². The van der Waals surface area contributed by atoms with Crippen molar-refractivity contribution in [2.45, 2.75) is 54.4 Å². The highest BCUT2D eigenvalue weighted by molar-refractivity contribution is 7.11. The summed E-state index contributed by atoms with van der Waals surface area (Å²) in [7, 11) is 0. The summed E-state index contributed by atoms with van der Waals surface area (Å²) in [6.07, 6.45) is 4.28. The number of hydrogen-bond acceptors (Lipinski definition) is 2. The number of thiazole rings is 1. The van der Waals surface area contributed by atoms with Crippen molar-refractivity contribution in [1.82, 2.24) is 4.98 Å². The van der Waals surface area contributed by atoms with Gasteiger partial charge in [-0.05, 0) is 19.8 Å². The van der Waals surface area contributed by atoms with Gasteiger partial charge in [0.05, 0.1) is 5.01 Å². The minimum Gasteiger partial charge on any atom is -0.249 e. The molecule has 2 heteroatoms. The Labute approximate surface area is 87.2 Å². The second-order valence-electron chi connectivity index (χ2n) is 2.11. The first kappa shape index (κ1) is 15.1. The molecule has 0 N–H and O–H groups in total. The van der Waals surface area contributed by atoms with Gasteiger partial charge in [0.2, 0.25) is 0 Å². The van der Waals surface area contributed by atoms with E-state index in [4.69, 9.17) is 0 Å². The molecule has 1 heterocycles. The SMILES string of the molecule is CC.CC.CCCc1ncc(C)s1. The van der Waals surface area contributed by atoms with Crippen LogP contribution in [-0.4, -0.2) is 4.98 Å². The van der Waals surface area contributed by atoms with E-state index in [1.54, 1.807) is 11.3 Å². The Morgan fingerprint density at radius 1 is 1.23 bits per heavy atom. The van der Waals surface area contributed by atoms with Crippen LogP contribution in [0.25, 0.3) is 0 Å². The molecule has 1 aromatic heterocycles. The fraction of sp³-hybridized carbons (Fsp3) is 0.727. The summed E-state index contributed by atoms with van der Waals surface area (Å²) in [5, 5.41) is 1.27. The molecular weight excluding hydrogens is 178 g/mol. The molecule has 1 aromatic rings. The van der Waals surface area contributed by atoms with Crippen LogP contribution in [-0.2, 0) is 6.42 Å². The largest absolute Gasteiger partial charge is 0.249 e. The van der Waals surface area contributed by atoms with Crippen LogP contribution in [0.4, 0.5) is 0 Å². The van der Waals surface area contributed by atoms with Crippen LogP contribution in [0.2, 0.25) is 0 Å². The van der Waals surface area contributed by atoms with E-state index in [-0.39, 0.29) is 0 Å². The Balaban J connectivity index is 0. The molecule has 0 aliphatic heterocycles. The van der Waals surface area contributed by atoms with Gasteiger partial charge < -0.3 is 0 Å². The van der Waals surface area contributed by atoms with E-state index in [2.05, 4.69) is 18.8 Å². The van der Waals surface area contributed by atoms with E-state index in [1.165, 1.54) is 16.3 Å². The first-order chi connectivity index (χ1) is 6.33. The van der Waals surface area contributed by atoms with Gasteiger partial charge in [0.25, 0.3) is 0 Å². The first-order valence-corrected chi connectivity index (χ1v) is 6.06. The molecule has 0 saturated heterocycles. The van der Waals surface area contributed by atoms with Gasteiger partial charge in [0, 0.05) is 11.1 Å². The molecule has 1 rings (SSSR count). The average molecular weight is 201 g/mol. The lowest BCUT2D eigenvalue weighted by Crippen LogP contribution is -1.76. The Hall–Kier alpha value is -0.370. The molecule has 0 amide bonds. The molecule has 0 atom stereocenters. The maximum absolute atomic E-state index is 4.22. The maximum atomic E-state index is 4.22. The summed E-state index contributed by atoms with van der Waals surface area (Å²) < 4.78 is 0. The van der Waals surface area contributed by atoms with Gasteiger partial charge in [-0.1, -0.05) is 34.6 Å². The number of aryl methyl sites for hydroxylation is 2. The minimum atomic E-state index is 1.14. The normalized spacial score (nSPS) is 7.85. The van der Waals surface area contributed by atoms with Crippen molar-refractivity contribution in [3.63, 3.8) is 0 Å². The first-order valence-electron chi connectivity index (χ1n) is 5.24. The second kappa shape index (κ2) is 11.6. The summed E-state index contributed by atoms with van der Waals surface area (Å²) in [5.74, 6) is 0. The lowest BCUT2D eigenvalue weighted by atomic mass is 10.4. The topological polar surface area (TPSA) is 12.9 Å². The van der Waals surface area contributed by atoms with Gasteiger partial charge in [-0.25, -0.2) is 4.98 Å². The van der Waals surface area contributed by atoms with Crippen molar-refractivity contribution >= 4 is 11.3 Å². The molecule has 13 heavy (non-hydrogen) atoms. The third-order valence-corrected chi connectivity index (χ3v) is 2.11. The Morgan fingerprint density at radius 3 is 2.08 bits per heavy atom. The van der Waals surface area contributed by atoms with Gasteiger partial charge in [0.15, 0.2) is 0 Å². The van der Waals surface area contributed by atoms with Crippen LogP contribution in [0.15, 0.2) is 6.20 Å². The summed E-state index contributed by atoms with van der Waals surface area (Å²) in [4.78, 5) is 5.54. The highest BCUT2D eigenvalue weighted by atomic mass is 32.1. The van der Waals surface area contributed by atoms with E-state index in [9.17, 15) is 0 Å². The van der Waals surface area contributed by atoms with Crippen molar-refractivity contribution in [3.8, 4) is 0 Å². The highest BCUT2D eigenvalue weighted by Gasteiger charge is 1.94. The van der Waals surface area contributed by atoms with Gasteiger partial charge in [-0.3, -0.25) is 0 Å². The zero-order valence-electron chi connectivity index (χ0n) is 9.85. The number of hydrogen-bond donors (Lipinski definition) is 0. The van der Waals surface area contributed by atoms with Crippen LogP contribution < -0.4 is 0 Å². The average Bonchev–Trinajstić information content (AvgIpc) is 2.59. The van der Waals surface area contributed by atoms with Crippen molar-refractivity contribution in [2.24, 2.45) is 0 Å². The Kier molecular flexibility index (Phi) is 13.5. The number of rotatable bonds is 2. The maximum Gasteiger partial charge on any atom is 0.0927 e. The van der Waals surface area contributed by atoms with Crippen molar-refractivity contribution in [1.29, 1.82) is 0 Å². The zero-order chi connectivity index (χ0) is 10.7. The smallest absolute Gasteiger partial charge is 0.0927 e. The summed E-state index contributed by atoms with van der Waals surface area (Å²) in [6, 6.07) is 0. The minimum absolute atomic E-state index is 1.14. The van der Waals surface area contributed by atoms with Gasteiger partial charge >= 0.3 is 0 Å². The fourth-order valence-corrected chi connectivity index (χ4v) is 1.62. The molecule has 1 nitrogen and oxygen atoms in total. The van der Waals surface area contributed by atoms with E-state index < -0.39 is 0 Å². The molecule has 0 fully saturated rings. The molecule has 0 saturated carbocycles. The van der Waals surface area contributed by atoms with E-state index in [0.717, 1.165) is 6.42 Å². The van der Waals surface area contributed by atoms with E-state index >= 15 is 0 Å². The van der Waals surface area contributed by atoms with Gasteiger partial charge in [0.1, 0.15) is 0 Å². The molecule has 0 aromatic carbocycles. The van der Waals surface area contributed by atoms with E-state index in [1.807, 2.05) is 33.9 Å². The summed E-state index contributed by atoms with van der Waals surface area (Å²) >= 11 is 1.80. The van der Waals surface area contributed by atoms with Crippen LogP contribution in [0.3, 0.4) is 0 Å². The predicted octanol–water partition coefficient (Wildman–Crippen LogP) is 4.46. The molecule has 78 valence electrons. The van der Waals surface area contributed by atoms with Crippen LogP contribution in [0.1, 0.15) is 50.9 Å². The van der Waals surface area contributed by atoms with Crippen molar-refractivity contribution in [2.75, 3.05) is 0 Å². The molecular formula is C11H23NS. The van der Waals surface area contributed by atoms with Crippen LogP contribution >= 0.6 is 11.3 Å². The summed E-state index contributed by atoms with van der Waals surface area (Å²) in [6.45, 7) is 12.3. The number of nitrogens with zero attached hydrogens (tertiary/aromatic N) is 1. The second-order valence-corrected chi connectivity index (χ2v) is 3.43. The molecule has 0 spiro atoms. The quantitative estimate of drug-likeness (QED) is 0.688. The Morgan fingerprint density at radius 2 is 1.77 bits per heavy atom. The molecule has 0 unspecified atom stereocenters. The highest BCUT2D eigenvalue weighted by Crippen LogP contribution is 2.12. The Bertz CT molecular complexity index is 182. The lowest BCUT2D eigenvalue weighted by Gasteiger charge is -1.85. The standard InChI is InChI=1S/C7H11NS.2C2H6/c1-3-4-7-8-5-6(2)9-7;2*1-2/h5H,3-4H2,1-2H3;2*1-2H3. The molecule has 0 aliphatic carbocycles. The molecule has 0 radical (unpaired) electrons. The molecule has 0 bridgehead atoms. The van der Waals surface area contributed by atoms with Gasteiger partial charge in [-0.2, -0.15) is 0 Å². The number of aromatic nitrogens is 1. The molecule has 0 aliphatic rings. The zero-order valence-corrected chi connectivity index (χ0v) is 10.7. The third-order valence-electron chi connectivity index (χ3n) is 1.13. The van der Waals surface area contributed by atoms with Crippen LogP contribution in [0.5, 0.6) is 0 Å². The van der Waals surface area contributed by atoms with Gasteiger partial charge in [-0.15, -0.1) is 11.3 Å². The predicted molar refractivity (Wildman–Crippen MR) is 63.5 cm³/mol. The van der Waals surface area contributed by atoms with Crippen molar-refractivity contribution in [3.05, 3.63) is 16.1 Å².